The Morgan fingerprint density at radius 1 is 1.03 bits per heavy atom. The number of ether oxygens (including phenoxy) is 1. The number of para-hydroxylation sites is 1. The van der Waals surface area contributed by atoms with Gasteiger partial charge in [-0.05, 0) is 74.0 Å². The van der Waals surface area contributed by atoms with Crippen LogP contribution in [0.25, 0.3) is 0 Å². The molecule has 0 saturated carbocycles. The van der Waals surface area contributed by atoms with Crippen LogP contribution < -0.4 is 14.4 Å². The van der Waals surface area contributed by atoms with Crippen LogP contribution in [0.2, 0.25) is 5.02 Å². The summed E-state index contributed by atoms with van der Waals surface area (Å²) in [7, 11) is -3.99. The second-order valence-electron chi connectivity index (χ2n) is 6.76. The van der Waals surface area contributed by atoms with Crippen molar-refractivity contribution < 1.29 is 17.9 Å². The molecule has 0 aliphatic heterocycles. The van der Waals surface area contributed by atoms with Gasteiger partial charge in [-0.25, -0.2) is 8.42 Å². The summed E-state index contributed by atoms with van der Waals surface area (Å²) >= 11 is 5.97. The number of carbonyl (C=O) groups excluding carboxylic acids is 1. The monoisotopic (exact) mass is 458 g/mol. The standard InChI is InChI=1S/C23H23ClN2O4S/c1-3-30-20-10-12-21(13-11-20)31(28,29)26(19-7-5-4-6-8-19)16-23(27)25-22-14-9-18(24)15-17(22)2/h4-15H,3,16H2,1-2H3,(H,25,27). The van der Waals surface area contributed by atoms with Crippen LogP contribution in [0.1, 0.15) is 12.5 Å². The number of hydrogen-bond acceptors (Lipinski definition) is 4. The largest absolute Gasteiger partial charge is 0.494 e. The Morgan fingerprint density at radius 2 is 1.71 bits per heavy atom. The van der Waals surface area contributed by atoms with Gasteiger partial charge in [0.25, 0.3) is 10.0 Å². The van der Waals surface area contributed by atoms with Gasteiger partial charge in [0, 0.05) is 10.7 Å². The van der Waals surface area contributed by atoms with Crippen LogP contribution >= 0.6 is 11.6 Å². The predicted octanol–water partition coefficient (Wildman–Crippen LogP) is 4.88. The molecule has 6 nitrogen and oxygen atoms in total. The van der Waals surface area contributed by atoms with E-state index in [-0.39, 0.29) is 11.4 Å². The Hall–Kier alpha value is -3.03. The minimum Gasteiger partial charge on any atom is -0.494 e. The van der Waals surface area contributed by atoms with E-state index >= 15 is 0 Å². The summed E-state index contributed by atoms with van der Waals surface area (Å²) in [5.41, 5.74) is 1.74. The van der Waals surface area contributed by atoms with E-state index in [1.807, 2.05) is 13.8 Å². The van der Waals surface area contributed by atoms with E-state index in [4.69, 9.17) is 16.3 Å². The topological polar surface area (TPSA) is 75.7 Å². The first-order valence-electron chi connectivity index (χ1n) is 9.68. The van der Waals surface area contributed by atoms with Crippen molar-refractivity contribution in [3.8, 4) is 5.75 Å². The van der Waals surface area contributed by atoms with Gasteiger partial charge in [0.15, 0.2) is 0 Å². The molecule has 0 heterocycles. The van der Waals surface area contributed by atoms with Gasteiger partial charge in [0.1, 0.15) is 12.3 Å². The van der Waals surface area contributed by atoms with E-state index in [1.54, 1.807) is 60.7 Å². The number of halogens is 1. The SMILES string of the molecule is CCOc1ccc(S(=O)(=O)N(CC(=O)Nc2ccc(Cl)cc2C)c2ccccc2)cc1. The number of anilines is 2. The van der Waals surface area contributed by atoms with Crippen LogP contribution in [-0.2, 0) is 14.8 Å². The molecule has 0 atom stereocenters. The van der Waals surface area contributed by atoms with Crippen LogP contribution in [0.4, 0.5) is 11.4 Å². The highest BCUT2D eigenvalue weighted by molar-refractivity contribution is 7.92. The average Bonchev–Trinajstić information content (AvgIpc) is 2.75. The molecular formula is C23H23ClN2O4S. The number of amides is 1. The van der Waals surface area contributed by atoms with Crippen molar-refractivity contribution in [1.29, 1.82) is 0 Å². The van der Waals surface area contributed by atoms with Crippen LogP contribution in [0.3, 0.4) is 0 Å². The summed E-state index contributed by atoms with van der Waals surface area (Å²) in [5.74, 6) is 0.104. The molecule has 162 valence electrons. The van der Waals surface area contributed by atoms with Gasteiger partial charge >= 0.3 is 0 Å². The number of nitrogens with zero attached hydrogens (tertiary/aromatic N) is 1. The maximum absolute atomic E-state index is 13.4. The molecule has 3 aromatic carbocycles. The molecule has 3 rings (SSSR count). The van der Waals surface area contributed by atoms with E-state index in [9.17, 15) is 13.2 Å². The summed E-state index contributed by atoms with van der Waals surface area (Å²) in [4.78, 5) is 12.8. The summed E-state index contributed by atoms with van der Waals surface area (Å²) in [6, 6.07) is 19.7. The normalized spacial score (nSPS) is 11.1. The van der Waals surface area contributed by atoms with Gasteiger partial charge in [-0.2, -0.15) is 0 Å². The summed E-state index contributed by atoms with van der Waals surface area (Å²) in [5, 5.41) is 3.32. The van der Waals surface area contributed by atoms with E-state index in [0.29, 0.717) is 28.8 Å². The van der Waals surface area contributed by atoms with Crippen molar-refractivity contribution in [2.75, 3.05) is 22.8 Å². The Balaban J connectivity index is 1.90. The number of sulfonamides is 1. The number of aryl methyl sites for hydroxylation is 1. The molecule has 0 saturated heterocycles. The molecule has 31 heavy (non-hydrogen) atoms. The molecule has 0 unspecified atom stereocenters. The minimum atomic E-state index is -3.99. The number of benzene rings is 3. The van der Waals surface area contributed by atoms with Crippen molar-refractivity contribution in [1.82, 2.24) is 0 Å². The average molecular weight is 459 g/mol. The second-order valence-corrected chi connectivity index (χ2v) is 9.06. The smallest absolute Gasteiger partial charge is 0.264 e. The fourth-order valence-electron chi connectivity index (χ4n) is 3.00. The van der Waals surface area contributed by atoms with Gasteiger partial charge in [-0.15, -0.1) is 0 Å². The number of hydrogen-bond donors (Lipinski definition) is 1. The van der Waals surface area contributed by atoms with E-state index in [0.717, 1.165) is 9.87 Å². The Morgan fingerprint density at radius 3 is 2.32 bits per heavy atom. The fraction of sp³-hybridized carbons (Fsp3) is 0.174. The number of nitrogens with one attached hydrogen (secondary N) is 1. The third kappa shape index (κ3) is 5.57. The van der Waals surface area contributed by atoms with Crippen molar-refractivity contribution in [3.05, 3.63) is 83.4 Å². The Bertz CT molecular complexity index is 1150. The van der Waals surface area contributed by atoms with Gasteiger partial charge < -0.3 is 10.1 Å². The molecule has 0 fully saturated rings. The minimum absolute atomic E-state index is 0.0651. The first-order valence-corrected chi connectivity index (χ1v) is 11.5. The summed E-state index contributed by atoms with van der Waals surface area (Å²) < 4.78 is 33.3. The molecule has 0 bridgehead atoms. The zero-order chi connectivity index (χ0) is 22.4. The summed E-state index contributed by atoms with van der Waals surface area (Å²) in [6.07, 6.45) is 0. The van der Waals surface area contributed by atoms with Gasteiger partial charge in [0.05, 0.1) is 17.2 Å². The third-order valence-corrected chi connectivity index (χ3v) is 6.54. The Labute approximate surface area is 187 Å². The highest BCUT2D eigenvalue weighted by Crippen LogP contribution is 2.26. The van der Waals surface area contributed by atoms with Crippen molar-refractivity contribution in [2.24, 2.45) is 0 Å². The van der Waals surface area contributed by atoms with Gasteiger partial charge in [-0.3, -0.25) is 9.10 Å². The lowest BCUT2D eigenvalue weighted by molar-refractivity contribution is -0.114. The second kappa shape index (κ2) is 9.85. The quantitative estimate of drug-likeness (QED) is 0.522. The van der Waals surface area contributed by atoms with Gasteiger partial charge in [-0.1, -0.05) is 29.8 Å². The van der Waals surface area contributed by atoms with E-state index < -0.39 is 15.9 Å². The fourth-order valence-corrected chi connectivity index (χ4v) is 4.65. The first-order chi connectivity index (χ1) is 14.8. The lowest BCUT2D eigenvalue weighted by Crippen LogP contribution is -2.38. The molecule has 0 aliphatic rings. The van der Waals surface area contributed by atoms with E-state index in [2.05, 4.69) is 5.32 Å². The van der Waals surface area contributed by atoms with E-state index in [1.165, 1.54) is 12.1 Å². The van der Waals surface area contributed by atoms with Crippen molar-refractivity contribution in [3.63, 3.8) is 0 Å². The molecule has 0 aliphatic carbocycles. The van der Waals surface area contributed by atoms with Crippen LogP contribution in [0.5, 0.6) is 5.75 Å². The number of rotatable bonds is 8. The van der Waals surface area contributed by atoms with Crippen molar-refractivity contribution in [2.45, 2.75) is 18.7 Å². The first kappa shape index (κ1) is 22.7. The molecule has 0 radical (unpaired) electrons. The molecule has 0 spiro atoms. The predicted molar refractivity (Wildman–Crippen MR) is 123 cm³/mol. The maximum atomic E-state index is 13.4. The molecule has 1 amide bonds. The molecule has 3 aromatic rings. The van der Waals surface area contributed by atoms with Crippen molar-refractivity contribution >= 4 is 38.9 Å². The van der Waals surface area contributed by atoms with Crippen LogP contribution in [0.15, 0.2) is 77.7 Å². The molecular weight excluding hydrogens is 436 g/mol. The third-order valence-electron chi connectivity index (χ3n) is 4.52. The van der Waals surface area contributed by atoms with Crippen LogP contribution in [-0.4, -0.2) is 27.5 Å². The number of carbonyl (C=O) groups is 1. The zero-order valence-corrected chi connectivity index (χ0v) is 18.8. The highest BCUT2D eigenvalue weighted by atomic mass is 35.5. The van der Waals surface area contributed by atoms with Crippen LogP contribution in [0, 0.1) is 6.92 Å². The summed E-state index contributed by atoms with van der Waals surface area (Å²) in [6.45, 7) is 3.75. The Kier molecular flexibility index (Phi) is 7.20. The molecule has 0 aromatic heterocycles. The lowest BCUT2D eigenvalue weighted by atomic mass is 10.2. The maximum Gasteiger partial charge on any atom is 0.264 e. The zero-order valence-electron chi connectivity index (χ0n) is 17.2. The molecule has 1 N–H and O–H groups in total. The lowest BCUT2D eigenvalue weighted by Gasteiger charge is -2.24. The highest BCUT2D eigenvalue weighted by Gasteiger charge is 2.27. The van der Waals surface area contributed by atoms with Gasteiger partial charge in [0.2, 0.25) is 5.91 Å². The molecule has 8 heteroatoms.